The number of fused-ring (bicyclic) bond motifs is 2. The number of rotatable bonds is 6. The number of nitrogens with one attached hydrogen (secondary N) is 3. The predicted molar refractivity (Wildman–Crippen MR) is 127 cm³/mol. The third kappa shape index (κ3) is 4.03. The highest BCUT2D eigenvalue weighted by Gasteiger charge is 2.32. The summed E-state index contributed by atoms with van der Waals surface area (Å²) in [6, 6.07) is 15.6. The number of thiazole rings is 1. The van der Waals surface area contributed by atoms with Gasteiger partial charge in [-0.25, -0.2) is 4.98 Å². The van der Waals surface area contributed by atoms with Gasteiger partial charge in [0.2, 0.25) is 5.91 Å². The summed E-state index contributed by atoms with van der Waals surface area (Å²) in [5.41, 5.74) is 4.81. The van der Waals surface area contributed by atoms with Gasteiger partial charge in [-0.2, -0.15) is 0 Å². The lowest BCUT2D eigenvalue weighted by Gasteiger charge is -2.10. The summed E-state index contributed by atoms with van der Waals surface area (Å²) in [7, 11) is 0. The Kier molecular flexibility index (Phi) is 5.49. The fraction of sp³-hybridized carbons (Fsp3) is 0.240. The van der Waals surface area contributed by atoms with Crippen molar-refractivity contribution in [1.82, 2.24) is 15.3 Å². The zero-order valence-electron chi connectivity index (χ0n) is 17.8. The van der Waals surface area contributed by atoms with Gasteiger partial charge in [0.05, 0.1) is 11.6 Å². The van der Waals surface area contributed by atoms with Crippen LogP contribution in [0.4, 0.5) is 5.13 Å². The molecule has 4 aromatic rings. The molecule has 2 aromatic carbocycles. The highest BCUT2D eigenvalue weighted by molar-refractivity contribution is 7.16. The number of para-hydroxylation sites is 1. The van der Waals surface area contributed by atoms with E-state index in [1.54, 1.807) is 12.1 Å². The van der Waals surface area contributed by atoms with Gasteiger partial charge < -0.3 is 10.3 Å². The lowest BCUT2D eigenvalue weighted by atomic mass is 10.1. The number of aromatic nitrogens is 2. The Morgan fingerprint density at radius 2 is 1.97 bits per heavy atom. The van der Waals surface area contributed by atoms with Crippen LogP contribution >= 0.6 is 11.3 Å². The maximum atomic E-state index is 12.8. The second-order valence-electron chi connectivity index (χ2n) is 8.14. The van der Waals surface area contributed by atoms with E-state index in [0.29, 0.717) is 17.2 Å². The Bertz CT molecular complexity index is 1290. The zero-order chi connectivity index (χ0) is 22.1. The Balaban J connectivity index is 1.20. The summed E-state index contributed by atoms with van der Waals surface area (Å²) in [4.78, 5) is 34.3. The second-order valence-corrected chi connectivity index (χ2v) is 9.22. The highest BCUT2D eigenvalue weighted by Crippen LogP contribution is 2.38. The SMILES string of the molecule is Cc1ccc(C(=O)Nc2nc3c(s2)CC[C@@H]3C(=O)NCCc2c[nH]c3ccccc23)cc1. The molecule has 5 rings (SSSR count). The Morgan fingerprint density at radius 3 is 2.81 bits per heavy atom. The molecule has 0 aliphatic heterocycles. The Morgan fingerprint density at radius 1 is 1.16 bits per heavy atom. The number of aryl methyl sites for hydroxylation is 2. The molecule has 1 aliphatic carbocycles. The molecule has 7 heteroatoms. The number of hydrogen-bond acceptors (Lipinski definition) is 4. The topological polar surface area (TPSA) is 86.9 Å². The van der Waals surface area contributed by atoms with Crippen LogP contribution in [0.2, 0.25) is 0 Å². The first-order valence-corrected chi connectivity index (χ1v) is 11.6. The molecule has 0 saturated heterocycles. The van der Waals surface area contributed by atoms with Gasteiger partial charge in [0, 0.05) is 34.1 Å². The van der Waals surface area contributed by atoms with Gasteiger partial charge in [-0.1, -0.05) is 35.9 Å². The standard InChI is InChI=1S/C25H24N4O2S/c1-15-6-8-16(9-7-15)23(30)29-25-28-22-19(10-11-21(22)32-25)24(31)26-13-12-17-14-27-20-5-3-2-4-18(17)20/h2-9,14,19,27H,10-13H2,1H3,(H,26,31)(H,28,29,30)/t19-/m0/s1. The number of benzene rings is 2. The molecule has 0 spiro atoms. The number of hydrogen-bond donors (Lipinski definition) is 3. The van der Waals surface area contributed by atoms with Crippen LogP contribution in [0.3, 0.4) is 0 Å². The van der Waals surface area contributed by atoms with Crippen molar-refractivity contribution in [3.63, 3.8) is 0 Å². The normalized spacial score (nSPS) is 15.0. The monoisotopic (exact) mass is 444 g/mol. The second kappa shape index (κ2) is 8.59. The molecule has 1 atom stereocenters. The molecular weight excluding hydrogens is 420 g/mol. The molecule has 3 N–H and O–H groups in total. The van der Waals surface area contributed by atoms with Gasteiger partial charge >= 0.3 is 0 Å². The number of anilines is 1. The number of H-pyrrole nitrogens is 1. The fourth-order valence-corrected chi connectivity index (χ4v) is 5.23. The van der Waals surface area contributed by atoms with E-state index >= 15 is 0 Å². The van der Waals surface area contributed by atoms with Crippen molar-refractivity contribution < 1.29 is 9.59 Å². The first-order chi connectivity index (χ1) is 15.6. The van der Waals surface area contributed by atoms with Crippen LogP contribution in [0.15, 0.2) is 54.7 Å². The van der Waals surface area contributed by atoms with Gasteiger partial charge in [0.15, 0.2) is 5.13 Å². The summed E-state index contributed by atoms with van der Waals surface area (Å²) in [6.07, 6.45) is 4.35. The van der Waals surface area contributed by atoms with Crippen LogP contribution < -0.4 is 10.6 Å². The Hall–Kier alpha value is -3.45. The van der Waals surface area contributed by atoms with E-state index in [0.717, 1.165) is 40.9 Å². The van der Waals surface area contributed by atoms with E-state index in [2.05, 4.69) is 32.7 Å². The summed E-state index contributed by atoms with van der Waals surface area (Å²) in [5, 5.41) is 7.70. The van der Waals surface area contributed by atoms with E-state index in [1.807, 2.05) is 37.4 Å². The molecule has 2 amide bonds. The zero-order valence-corrected chi connectivity index (χ0v) is 18.6. The summed E-state index contributed by atoms with van der Waals surface area (Å²) < 4.78 is 0. The number of carbonyl (C=O) groups is 2. The van der Waals surface area contributed by atoms with Crippen molar-refractivity contribution in [2.75, 3.05) is 11.9 Å². The lowest BCUT2D eigenvalue weighted by molar-refractivity contribution is -0.122. The minimum absolute atomic E-state index is 0.00491. The van der Waals surface area contributed by atoms with E-state index in [1.165, 1.54) is 22.3 Å². The lowest BCUT2D eigenvalue weighted by Crippen LogP contribution is -2.30. The van der Waals surface area contributed by atoms with E-state index in [9.17, 15) is 9.59 Å². The minimum Gasteiger partial charge on any atom is -0.361 e. The number of amides is 2. The van der Waals surface area contributed by atoms with Crippen molar-refractivity contribution >= 4 is 39.2 Å². The molecule has 162 valence electrons. The molecule has 0 bridgehead atoms. The average molecular weight is 445 g/mol. The maximum Gasteiger partial charge on any atom is 0.257 e. The molecule has 2 aromatic heterocycles. The first kappa shape index (κ1) is 20.5. The first-order valence-electron chi connectivity index (χ1n) is 10.8. The minimum atomic E-state index is -0.255. The summed E-state index contributed by atoms with van der Waals surface area (Å²) in [5.74, 6) is -0.434. The number of aromatic amines is 1. The van der Waals surface area contributed by atoms with E-state index in [-0.39, 0.29) is 17.7 Å². The molecule has 0 unspecified atom stereocenters. The van der Waals surface area contributed by atoms with Crippen molar-refractivity contribution in [3.8, 4) is 0 Å². The van der Waals surface area contributed by atoms with Gasteiger partial charge in [-0.15, -0.1) is 11.3 Å². The maximum absolute atomic E-state index is 12.8. The van der Waals surface area contributed by atoms with E-state index < -0.39 is 0 Å². The van der Waals surface area contributed by atoms with E-state index in [4.69, 9.17) is 0 Å². The van der Waals surface area contributed by atoms with Gasteiger partial charge in [-0.05, 0) is 49.9 Å². The van der Waals surface area contributed by atoms with Crippen molar-refractivity contribution in [3.05, 3.63) is 82.0 Å². The number of nitrogens with zero attached hydrogens (tertiary/aromatic N) is 1. The third-order valence-electron chi connectivity index (χ3n) is 5.94. The quantitative estimate of drug-likeness (QED) is 0.407. The van der Waals surface area contributed by atoms with Crippen LogP contribution in [-0.2, 0) is 17.6 Å². The molecule has 32 heavy (non-hydrogen) atoms. The van der Waals surface area contributed by atoms with Crippen molar-refractivity contribution in [2.24, 2.45) is 0 Å². The smallest absolute Gasteiger partial charge is 0.257 e. The molecule has 0 fully saturated rings. The van der Waals surface area contributed by atoms with Gasteiger partial charge in [-0.3, -0.25) is 14.9 Å². The predicted octanol–water partition coefficient (Wildman–Crippen LogP) is 4.57. The number of carbonyl (C=O) groups excluding carboxylic acids is 2. The molecule has 0 radical (unpaired) electrons. The highest BCUT2D eigenvalue weighted by atomic mass is 32.1. The largest absolute Gasteiger partial charge is 0.361 e. The van der Waals surface area contributed by atoms with Crippen molar-refractivity contribution in [1.29, 1.82) is 0 Å². The van der Waals surface area contributed by atoms with Gasteiger partial charge in [0.25, 0.3) is 5.91 Å². The third-order valence-corrected chi connectivity index (χ3v) is 6.98. The summed E-state index contributed by atoms with van der Waals surface area (Å²) >= 11 is 1.47. The average Bonchev–Trinajstić information content (AvgIpc) is 3.48. The van der Waals surface area contributed by atoms with Crippen molar-refractivity contribution in [2.45, 2.75) is 32.1 Å². The van der Waals surface area contributed by atoms with Crippen LogP contribution in [0, 0.1) is 6.92 Å². The van der Waals surface area contributed by atoms with Crippen LogP contribution in [0.5, 0.6) is 0 Å². The molecule has 2 heterocycles. The van der Waals surface area contributed by atoms with Crippen LogP contribution in [0.1, 0.15) is 44.4 Å². The molecule has 6 nitrogen and oxygen atoms in total. The van der Waals surface area contributed by atoms with Gasteiger partial charge in [0.1, 0.15) is 0 Å². The van der Waals surface area contributed by atoms with Crippen LogP contribution in [-0.4, -0.2) is 28.3 Å². The van der Waals surface area contributed by atoms with Crippen LogP contribution in [0.25, 0.3) is 10.9 Å². The fourth-order valence-electron chi connectivity index (χ4n) is 4.19. The molecule has 1 aliphatic rings. The molecule has 0 saturated carbocycles. The summed E-state index contributed by atoms with van der Waals surface area (Å²) in [6.45, 7) is 2.56. The Labute approximate surface area is 190 Å². The molecular formula is C25H24N4O2S.